The summed E-state index contributed by atoms with van der Waals surface area (Å²) in [6.07, 6.45) is 15.9. The third kappa shape index (κ3) is 4.25. The van der Waals surface area contributed by atoms with Gasteiger partial charge in [-0.15, -0.1) is 6.42 Å². The van der Waals surface area contributed by atoms with Crippen molar-refractivity contribution in [2.75, 3.05) is 13.6 Å². The number of pyridine rings is 1. The second-order valence-corrected chi connectivity index (χ2v) is 10.2. The standard InChI is InChI=1S/C30H34N6O/c1-7-23-15-18(2)25(20(4)34-23)28-27(26-19(3)32-17-33-29(26)35(28)6)21-10-12-22(13-11-21)30(37)36-14-8-9-24(36)16-31-5/h1,10,15-17,22,24H,8-9,11-14H2,2-6H3/t22?,24-/m0/s1. The first-order valence-corrected chi connectivity index (χ1v) is 13.0. The molecule has 37 heavy (non-hydrogen) atoms. The molecule has 0 spiro atoms. The summed E-state index contributed by atoms with van der Waals surface area (Å²) in [5.41, 5.74) is 9.02. The van der Waals surface area contributed by atoms with Crippen molar-refractivity contribution in [3.63, 3.8) is 0 Å². The molecule has 1 unspecified atom stereocenters. The van der Waals surface area contributed by atoms with Gasteiger partial charge in [0.15, 0.2) is 0 Å². The third-order valence-electron chi connectivity index (χ3n) is 7.92. The Morgan fingerprint density at radius 3 is 2.68 bits per heavy atom. The summed E-state index contributed by atoms with van der Waals surface area (Å²) < 4.78 is 2.16. The van der Waals surface area contributed by atoms with Gasteiger partial charge in [0.1, 0.15) is 17.7 Å². The summed E-state index contributed by atoms with van der Waals surface area (Å²) >= 11 is 0. The maximum Gasteiger partial charge on any atom is 0.226 e. The maximum absolute atomic E-state index is 13.4. The quantitative estimate of drug-likeness (QED) is 0.385. The molecule has 1 fully saturated rings. The second kappa shape index (κ2) is 9.93. The highest BCUT2D eigenvalue weighted by Gasteiger charge is 2.34. The van der Waals surface area contributed by atoms with Crippen LogP contribution >= 0.6 is 0 Å². The number of rotatable bonds is 4. The molecular formula is C30H34N6O. The van der Waals surface area contributed by atoms with Crippen LogP contribution in [0, 0.1) is 39.0 Å². The molecule has 190 valence electrons. The van der Waals surface area contributed by atoms with Crippen molar-refractivity contribution in [2.45, 2.75) is 58.9 Å². The Morgan fingerprint density at radius 1 is 1.19 bits per heavy atom. The number of nitrogens with zero attached hydrogens (tertiary/aromatic N) is 6. The van der Waals surface area contributed by atoms with Crippen LogP contribution in [0.3, 0.4) is 0 Å². The zero-order valence-electron chi connectivity index (χ0n) is 22.4. The highest BCUT2D eigenvalue weighted by molar-refractivity contribution is 6.01. The van der Waals surface area contributed by atoms with E-state index in [1.807, 2.05) is 31.0 Å². The molecule has 1 aliphatic heterocycles. The Kier molecular flexibility index (Phi) is 6.68. The van der Waals surface area contributed by atoms with Crippen LogP contribution in [0.25, 0.3) is 27.9 Å². The number of fused-ring (bicyclic) bond motifs is 1. The molecule has 1 aliphatic carbocycles. The number of carbonyl (C=O) groups excluding carboxylic acids is 1. The lowest BCUT2D eigenvalue weighted by Crippen LogP contribution is -2.40. The SMILES string of the molecule is C#Cc1cc(C)c(-c2c(C3=CCC(C(=O)N4CCC[C@H]4C=NC)CC3)c3c(C)ncnc3n2C)c(C)n1. The van der Waals surface area contributed by atoms with Crippen molar-refractivity contribution in [1.29, 1.82) is 0 Å². The smallest absolute Gasteiger partial charge is 0.226 e. The molecular weight excluding hydrogens is 460 g/mol. The first-order chi connectivity index (χ1) is 17.8. The lowest BCUT2D eigenvalue weighted by molar-refractivity contribution is -0.135. The van der Waals surface area contributed by atoms with Crippen LogP contribution in [0.5, 0.6) is 0 Å². The molecule has 0 radical (unpaired) electrons. The molecule has 0 aromatic carbocycles. The highest BCUT2D eigenvalue weighted by Crippen LogP contribution is 2.44. The van der Waals surface area contributed by atoms with E-state index >= 15 is 0 Å². The van der Waals surface area contributed by atoms with Gasteiger partial charge < -0.3 is 9.47 Å². The molecule has 7 nitrogen and oxygen atoms in total. The Labute approximate surface area is 218 Å². The molecule has 1 saturated heterocycles. The zero-order valence-corrected chi connectivity index (χ0v) is 22.4. The van der Waals surface area contributed by atoms with Crippen molar-refractivity contribution >= 4 is 28.7 Å². The summed E-state index contributed by atoms with van der Waals surface area (Å²) in [6.45, 7) is 6.96. The molecule has 2 atom stereocenters. The second-order valence-electron chi connectivity index (χ2n) is 10.2. The minimum atomic E-state index is 0.00503. The number of hydrogen-bond donors (Lipinski definition) is 0. The van der Waals surface area contributed by atoms with Gasteiger partial charge in [-0.25, -0.2) is 15.0 Å². The van der Waals surface area contributed by atoms with E-state index in [2.05, 4.69) is 50.5 Å². The van der Waals surface area contributed by atoms with Crippen molar-refractivity contribution in [3.8, 4) is 23.6 Å². The number of terminal acetylenes is 1. The number of amides is 1. The number of aryl methyl sites for hydroxylation is 4. The molecule has 3 aromatic heterocycles. The normalized spacial score (nSPS) is 20.0. The van der Waals surface area contributed by atoms with E-state index in [9.17, 15) is 4.79 Å². The van der Waals surface area contributed by atoms with Crippen LogP contribution in [-0.4, -0.2) is 56.2 Å². The van der Waals surface area contributed by atoms with Crippen LogP contribution in [0.4, 0.5) is 0 Å². The Hall–Kier alpha value is -3.79. The van der Waals surface area contributed by atoms with Gasteiger partial charge in [-0.05, 0) is 70.1 Å². The monoisotopic (exact) mass is 494 g/mol. The zero-order chi connectivity index (χ0) is 26.3. The fourth-order valence-corrected chi connectivity index (χ4v) is 6.18. The van der Waals surface area contributed by atoms with E-state index < -0.39 is 0 Å². The van der Waals surface area contributed by atoms with Crippen LogP contribution in [0.1, 0.15) is 60.3 Å². The lowest BCUT2D eigenvalue weighted by Gasteiger charge is -2.29. The van der Waals surface area contributed by atoms with Gasteiger partial charge in [0, 0.05) is 55.0 Å². The van der Waals surface area contributed by atoms with Gasteiger partial charge in [-0.1, -0.05) is 12.0 Å². The fraction of sp³-hybridized carbons (Fsp3) is 0.433. The summed E-state index contributed by atoms with van der Waals surface area (Å²) in [6, 6.07) is 2.11. The number of likely N-dealkylation sites (tertiary alicyclic amines) is 1. The van der Waals surface area contributed by atoms with Crippen molar-refractivity contribution in [1.82, 2.24) is 24.4 Å². The topological polar surface area (TPSA) is 76.3 Å². The maximum atomic E-state index is 13.4. The predicted octanol–water partition coefficient (Wildman–Crippen LogP) is 4.81. The molecule has 0 saturated carbocycles. The fourth-order valence-electron chi connectivity index (χ4n) is 6.18. The Morgan fingerprint density at radius 2 is 2.00 bits per heavy atom. The summed E-state index contributed by atoms with van der Waals surface area (Å²) in [5, 5.41) is 1.06. The first-order valence-electron chi connectivity index (χ1n) is 13.0. The number of aliphatic imine (C=N–C) groups is 1. The number of carbonyl (C=O) groups is 1. The van der Waals surface area contributed by atoms with Crippen LogP contribution < -0.4 is 0 Å². The summed E-state index contributed by atoms with van der Waals surface area (Å²) in [4.78, 5) is 33.5. The molecule has 7 heteroatoms. The van der Waals surface area contributed by atoms with Gasteiger partial charge >= 0.3 is 0 Å². The first kappa shape index (κ1) is 24.9. The van der Waals surface area contributed by atoms with Crippen LogP contribution in [-0.2, 0) is 11.8 Å². The number of aromatic nitrogens is 4. The van der Waals surface area contributed by atoms with E-state index in [0.29, 0.717) is 5.69 Å². The van der Waals surface area contributed by atoms with Crippen molar-refractivity contribution in [2.24, 2.45) is 18.0 Å². The van der Waals surface area contributed by atoms with Gasteiger partial charge in [-0.2, -0.15) is 0 Å². The van der Waals surface area contributed by atoms with E-state index in [-0.39, 0.29) is 17.9 Å². The molecule has 0 N–H and O–H groups in total. The highest BCUT2D eigenvalue weighted by atomic mass is 16.2. The van der Waals surface area contributed by atoms with E-state index in [1.165, 1.54) is 5.57 Å². The van der Waals surface area contributed by atoms with E-state index in [4.69, 9.17) is 6.42 Å². The van der Waals surface area contributed by atoms with E-state index in [1.54, 1.807) is 13.4 Å². The van der Waals surface area contributed by atoms with Gasteiger partial charge in [0.05, 0.1) is 17.4 Å². The molecule has 1 amide bonds. The minimum absolute atomic E-state index is 0.00503. The average molecular weight is 495 g/mol. The van der Waals surface area contributed by atoms with Gasteiger partial charge in [-0.3, -0.25) is 9.79 Å². The average Bonchev–Trinajstić information content (AvgIpc) is 3.47. The molecule has 0 bridgehead atoms. The number of hydrogen-bond acceptors (Lipinski definition) is 5. The molecule has 5 rings (SSSR count). The van der Waals surface area contributed by atoms with E-state index in [0.717, 1.165) is 83.5 Å². The lowest BCUT2D eigenvalue weighted by atomic mass is 9.83. The Balaban J connectivity index is 1.59. The molecule has 4 heterocycles. The van der Waals surface area contributed by atoms with Crippen molar-refractivity contribution in [3.05, 3.63) is 46.7 Å². The molecule has 2 aliphatic rings. The number of allylic oxidation sites excluding steroid dienone is 2. The minimum Gasteiger partial charge on any atom is -0.334 e. The largest absolute Gasteiger partial charge is 0.334 e. The van der Waals surface area contributed by atoms with Crippen LogP contribution in [0.2, 0.25) is 0 Å². The summed E-state index contributed by atoms with van der Waals surface area (Å²) in [7, 11) is 3.84. The Bertz CT molecular complexity index is 1460. The molecule has 3 aromatic rings. The van der Waals surface area contributed by atoms with Crippen molar-refractivity contribution < 1.29 is 4.79 Å². The van der Waals surface area contributed by atoms with Crippen LogP contribution in [0.15, 0.2) is 23.5 Å². The summed E-state index contributed by atoms with van der Waals surface area (Å²) in [5.74, 6) is 2.93. The third-order valence-corrected chi connectivity index (χ3v) is 7.92. The predicted molar refractivity (Wildman–Crippen MR) is 148 cm³/mol. The van der Waals surface area contributed by atoms with Gasteiger partial charge in [0.25, 0.3) is 0 Å². The van der Waals surface area contributed by atoms with Gasteiger partial charge in [0.2, 0.25) is 5.91 Å².